The Hall–Kier alpha value is -3.02. The van der Waals surface area contributed by atoms with Crippen molar-refractivity contribution in [1.82, 2.24) is 9.88 Å². The van der Waals surface area contributed by atoms with Crippen LogP contribution in [0.2, 0.25) is 10.0 Å². The Bertz CT molecular complexity index is 1250. The fourth-order valence-electron chi connectivity index (χ4n) is 5.16. The molecule has 1 fully saturated rings. The van der Waals surface area contributed by atoms with Crippen LogP contribution in [-0.2, 0) is 11.3 Å². The predicted octanol–water partition coefficient (Wildman–Crippen LogP) is 7.25. The van der Waals surface area contributed by atoms with Gasteiger partial charge in [0.15, 0.2) is 0 Å². The molecular formula is C29H30Cl2N2O3. The van der Waals surface area contributed by atoms with Crippen LogP contribution in [0.3, 0.4) is 0 Å². The minimum Gasteiger partial charge on any atom is -0.497 e. The van der Waals surface area contributed by atoms with E-state index in [1.807, 2.05) is 66.4 Å². The number of hydrogen-bond donors (Lipinski definition) is 0. The molecule has 0 unspecified atom stereocenters. The molecule has 0 bridgehead atoms. The Labute approximate surface area is 222 Å². The number of hydrogen-bond acceptors (Lipinski definition) is 4. The zero-order valence-corrected chi connectivity index (χ0v) is 22.2. The Morgan fingerprint density at radius 2 is 1.83 bits per heavy atom. The number of nitrogens with zero attached hydrogens (tertiary/aromatic N) is 2. The van der Waals surface area contributed by atoms with Crippen LogP contribution >= 0.6 is 23.2 Å². The van der Waals surface area contributed by atoms with Crippen LogP contribution < -0.4 is 9.47 Å². The van der Waals surface area contributed by atoms with E-state index in [0.717, 1.165) is 16.8 Å². The van der Waals surface area contributed by atoms with Crippen LogP contribution in [0.4, 0.5) is 0 Å². The average Bonchev–Trinajstić information content (AvgIpc) is 2.87. The van der Waals surface area contributed by atoms with Crippen molar-refractivity contribution >= 4 is 29.1 Å². The van der Waals surface area contributed by atoms with Gasteiger partial charge in [0.25, 0.3) is 0 Å². The molecule has 1 aromatic heterocycles. The number of ether oxygens (including phenoxy) is 2. The van der Waals surface area contributed by atoms with Crippen molar-refractivity contribution < 1.29 is 14.3 Å². The lowest BCUT2D eigenvalue weighted by molar-refractivity contribution is -0.151. The Morgan fingerprint density at radius 3 is 2.47 bits per heavy atom. The molecule has 0 N–H and O–H groups in total. The fraction of sp³-hybridized carbons (Fsp3) is 0.310. The largest absolute Gasteiger partial charge is 0.497 e. The molecule has 2 heterocycles. The van der Waals surface area contributed by atoms with Crippen molar-refractivity contribution in [3.8, 4) is 11.5 Å². The molecule has 1 aliphatic rings. The monoisotopic (exact) mass is 524 g/mol. The summed E-state index contributed by atoms with van der Waals surface area (Å²) < 4.78 is 11.0. The van der Waals surface area contributed by atoms with Gasteiger partial charge in [0.1, 0.15) is 11.5 Å². The number of carbonyl (C=O) groups is 1. The maximum atomic E-state index is 14.2. The topological polar surface area (TPSA) is 51.7 Å². The molecule has 0 saturated carbocycles. The van der Waals surface area contributed by atoms with Crippen LogP contribution in [0, 0.1) is 5.41 Å². The second-order valence-electron chi connectivity index (χ2n) is 9.37. The van der Waals surface area contributed by atoms with Crippen LogP contribution in [-0.4, -0.2) is 30.0 Å². The minimum absolute atomic E-state index is 0.0542. The van der Waals surface area contributed by atoms with E-state index in [4.69, 9.17) is 32.7 Å². The molecule has 7 heteroatoms. The van der Waals surface area contributed by atoms with Gasteiger partial charge >= 0.3 is 0 Å². The number of methoxy groups -OCH3 is 2. The van der Waals surface area contributed by atoms with E-state index in [1.165, 1.54) is 0 Å². The number of pyridine rings is 1. The van der Waals surface area contributed by atoms with E-state index in [1.54, 1.807) is 26.5 Å². The molecule has 0 radical (unpaired) electrons. The molecule has 1 saturated heterocycles. The van der Waals surface area contributed by atoms with E-state index >= 15 is 0 Å². The SMILES string of the molecule is C=CC[C@]1(C)C[C@H](c2cc(Cl)ccn2)[C@@H](c2ccc(Cl)cc2)N(Cc2ccc(OC)cc2OC)C1=O. The summed E-state index contributed by atoms with van der Waals surface area (Å²) in [4.78, 5) is 20.8. The molecule has 0 aliphatic carbocycles. The number of piperidine rings is 1. The highest BCUT2D eigenvalue weighted by molar-refractivity contribution is 6.30. The first-order valence-electron chi connectivity index (χ1n) is 11.8. The van der Waals surface area contributed by atoms with Crippen LogP contribution in [0.15, 0.2) is 73.4 Å². The van der Waals surface area contributed by atoms with E-state index in [-0.39, 0.29) is 17.9 Å². The molecule has 3 atom stereocenters. The highest BCUT2D eigenvalue weighted by atomic mass is 35.5. The van der Waals surface area contributed by atoms with Gasteiger partial charge in [-0.2, -0.15) is 0 Å². The molecule has 5 nitrogen and oxygen atoms in total. The van der Waals surface area contributed by atoms with E-state index < -0.39 is 5.41 Å². The van der Waals surface area contributed by atoms with Gasteiger partial charge in [-0.3, -0.25) is 9.78 Å². The molecule has 2 aromatic carbocycles. The molecular weight excluding hydrogens is 495 g/mol. The predicted molar refractivity (Wildman–Crippen MR) is 144 cm³/mol. The van der Waals surface area contributed by atoms with E-state index in [2.05, 4.69) is 11.6 Å². The molecule has 1 amide bonds. The summed E-state index contributed by atoms with van der Waals surface area (Å²) in [5.74, 6) is 1.30. The Balaban J connectivity index is 1.88. The molecule has 4 rings (SSSR count). The third kappa shape index (κ3) is 5.23. The second-order valence-corrected chi connectivity index (χ2v) is 10.2. The van der Waals surface area contributed by atoms with Gasteiger partial charge in [-0.05, 0) is 54.8 Å². The number of halogens is 2. The minimum atomic E-state index is -0.654. The quantitative estimate of drug-likeness (QED) is 0.291. The molecule has 1 aliphatic heterocycles. The first-order valence-corrected chi connectivity index (χ1v) is 12.5. The van der Waals surface area contributed by atoms with Crippen molar-refractivity contribution in [3.05, 3.63) is 100 Å². The van der Waals surface area contributed by atoms with Crippen molar-refractivity contribution in [2.24, 2.45) is 5.41 Å². The fourth-order valence-corrected chi connectivity index (χ4v) is 5.46. The summed E-state index contributed by atoms with van der Waals surface area (Å²) >= 11 is 12.6. The lowest BCUT2D eigenvalue weighted by atomic mass is 9.68. The Kier molecular flexibility index (Phi) is 7.91. The van der Waals surface area contributed by atoms with Crippen LogP contribution in [0.5, 0.6) is 11.5 Å². The second kappa shape index (κ2) is 10.9. The summed E-state index contributed by atoms with van der Waals surface area (Å²) in [7, 11) is 3.23. The summed E-state index contributed by atoms with van der Waals surface area (Å²) in [5.41, 5.74) is 2.05. The normalized spacial score (nSPS) is 21.8. The highest BCUT2D eigenvalue weighted by Crippen LogP contribution is 2.51. The van der Waals surface area contributed by atoms with Gasteiger partial charge in [0.05, 0.1) is 25.7 Å². The number of benzene rings is 2. The first-order chi connectivity index (χ1) is 17.3. The molecule has 36 heavy (non-hydrogen) atoms. The third-order valence-corrected chi connectivity index (χ3v) is 7.42. The lowest BCUT2D eigenvalue weighted by Crippen LogP contribution is -2.51. The van der Waals surface area contributed by atoms with E-state index in [0.29, 0.717) is 40.9 Å². The summed E-state index contributed by atoms with van der Waals surface area (Å²) in [6.07, 6.45) is 4.69. The number of likely N-dealkylation sites (tertiary alicyclic amines) is 1. The van der Waals surface area contributed by atoms with Gasteiger partial charge in [-0.25, -0.2) is 0 Å². The molecule has 0 spiro atoms. The Morgan fingerprint density at radius 1 is 1.08 bits per heavy atom. The lowest BCUT2D eigenvalue weighted by Gasteiger charge is -2.49. The standard InChI is InChI=1S/C29H30Cl2N2O3/c1-5-13-29(2)17-24(25-15-22(31)12-14-32-25)27(19-6-9-21(30)10-7-19)33(28(29)34)18-20-8-11-23(35-3)16-26(20)36-4/h5-12,14-16,24,27H,1,13,17-18H2,2-4H3/t24-,27-,29-/m1/s1. The number of rotatable bonds is 8. The third-order valence-electron chi connectivity index (χ3n) is 6.93. The first kappa shape index (κ1) is 26.1. The summed E-state index contributed by atoms with van der Waals surface area (Å²) in [5, 5.41) is 1.25. The maximum absolute atomic E-state index is 14.2. The highest BCUT2D eigenvalue weighted by Gasteiger charge is 2.49. The summed E-state index contributed by atoms with van der Waals surface area (Å²) in [6, 6.07) is 16.7. The van der Waals surface area contributed by atoms with Gasteiger partial charge in [-0.1, -0.05) is 48.3 Å². The molecule has 3 aromatic rings. The van der Waals surface area contributed by atoms with E-state index in [9.17, 15) is 4.79 Å². The zero-order chi connectivity index (χ0) is 25.9. The maximum Gasteiger partial charge on any atom is 0.229 e. The van der Waals surface area contributed by atoms with Crippen molar-refractivity contribution in [3.63, 3.8) is 0 Å². The van der Waals surface area contributed by atoms with Gasteiger partial charge in [-0.15, -0.1) is 6.58 Å². The average molecular weight is 525 g/mol. The molecule has 188 valence electrons. The van der Waals surface area contributed by atoms with Gasteiger partial charge in [0, 0.05) is 46.0 Å². The number of allylic oxidation sites excluding steroid dienone is 1. The van der Waals surface area contributed by atoms with Crippen LogP contribution in [0.1, 0.15) is 48.5 Å². The van der Waals surface area contributed by atoms with Crippen molar-refractivity contribution in [2.75, 3.05) is 14.2 Å². The number of aromatic nitrogens is 1. The van der Waals surface area contributed by atoms with Crippen LogP contribution in [0.25, 0.3) is 0 Å². The van der Waals surface area contributed by atoms with Crippen molar-refractivity contribution in [2.45, 2.75) is 38.3 Å². The number of amides is 1. The number of carbonyl (C=O) groups excluding carboxylic acids is 1. The van der Waals surface area contributed by atoms with Crippen molar-refractivity contribution in [1.29, 1.82) is 0 Å². The van der Waals surface area contributed by atoms with Gasteiger partial charge in [0.2, 0.25) is 5.91 Å². The zero-order valence-electron chi connectivity index (χ0n) is 20.7. The smallest absolute Gasteiger partial charge is 0.229 e. The summed E-state index contributed by atoms with van der Waals surface area (Å²) in [6.45, 7) is 6.29. The van der Waals surface area contributed by atoms with Gasteiger partial charge < -0.3 is 14.4 Å².